The number of amides is 1. The summed E-state index contributed by atoms with van der Waals surface area (Å²) < 4.78 is 5.45. The average molecular weight is 307 g/mol. The van der Waals surface area contributed by atoms with Crippen LogP contribution in [0.1, 0.15) is 10.4 Å². The molecule has 0 saturated carbocycles. The molecule has 6 heteroatoms. The minimum Gasteiger partial charge on any atom is -0.506 e. The Morgan fingerprint density at radius 2 is 1.95 bits per heavy atom. The lowest BCUT2D eigenvalue weighted by atomic mass is 10.2. The number of hydrogen-bond acceptors (Lipinski definition) is 4. The van der Waals surface area contributed by atoms with E-state index >= 15 is 0 Å². The first-order valence-corrected chi connectivity index (χ1v) is 6.69. The van der Waals surface area contributed by atoms with Gasteiger partial charge in [0.05, 0.1) is 11.6 Å². The monoisotopic (exact) mass is 306 g/mol. The van der Waals surface area contributed by atoms with E-state index in [2.05, 4.69) is 5.32 Å². The van der Waals surface area contributed by atoms with Gasteiger partial charge >= 0.3 is 0 Å². The van der Waals surface area contributed by atoms with Gasteiger partial charge in [-0.05, 0) is 42.5 Å². The first-order valence-electron chi connectivity index (χ1n) is 6.31. The minimum atomic E-state index is -0.280. The number of anilines is 1. The second-order valence-electron chi connectivity index (χ2n) is 4.34. The van der Waals surface area contributed by atoms with Crippen LogP contribution in [0.5, 0.6) is 11.5 Å². The van der Waals surface area contributed by atoms with Crippen molar-refractivity contribution in [1.82, 2.24) is 5.32 Å². The summed E-state index contributed by atoms with van der Waals surface area (Å²) >= 11 is 5.75. The molecule has 110 valence electrons. The van der Waals surface area contributed by atoms with Crippen molar-refractivity contribution in [2.24, 2.45) is 0 Å². The van der Waals surface area contributed by atoms with E-state index in [0.717, 1.165) is 0 Å². The first kappa shape index (κ1) is 15.0. The van der Waals surface area contributed by atoms with Crippen molar-refractivity contribution in [1.29, 1.82) is 0 Å². The molecule has 0 radical (unpaired) electrons. The summed E-state index contributed by atoms with van der Waals surface area (Å²) in [6.45, 7) is 0.684. The summed E-state index contributed by atoms with van der Waals surface area (Å²) in [5, 5.41) is 12.1. The van der Waals surface area contributed by atoms with Crippen LogP contribution in [-0.2, 0) is 0 Å². The molecule has 0 atom stereocenters. The third-order valence-corrected chi connectivity index (χ3v) is 3.05. The van der Waals surface area contributed by atoms with Crippen molar-refractivity contribution in [2.45, 2.75) is 0 Å². The third kappa shape index (κ3) is 4.29. The molecule has 4 N–H and O–H groups in total. The molecule has 2 rings (SSSR count). The van der Waals surface area contributed by atoms with Gasteiger partial charge in [-0.15, -0.1) is 0 Å². The lowest BCUT2D eigenvalue weighted by molar-refractivity contribution is 0.0947. The van der Waals surface area contributed by atoms with Gasteiger partial charge in [0.15, 0.2) is 0 Å². The van der Waals surface area contributed by atoms with Crippen molar-refractivity contribution in [3.8, 4) is 11.5 Å². The molecule has 0 heterocycles. The zero-order valence-corrected chi connectivity index (χ0v) is 11.9. The number of phenolic OH excluding ortho intramolecular Hbond substituents is 1. The highest BCUT2D eigenvalue weighted by Gasteiger charge is 2.07. The number of nitrogen functional groups attached to an aromatic ring is 1. The first-order chi connectivity index (χ1) is 10.1. The predicted molar refractivity (Wildman–Crippen MR) is 81.8 cm³/mol. The molecule has 0 unspecified atom stereocenters. The summed E-state index contributed by atoms with van der Waals surface area (Å²) in [6.07, 6.45) is 0. The Kier molecular flexibility index (Phi) is 4.90. The molecular formula is C15H15ClN2O3. The Bertz CT molecular complexity index is 629. The molecule has 0 spiro atoms. The molecule has 0 fully saturated rings. The number of hydrogen-bond donors (Lipinski definition) is 3. The maximum Gasteiger partial charge on any atom is 0.251 e. The fourth-order valence-corrected chi connectivity index (χ4v) is 1.83. The largest absolute Gasteiger partial charge is 0.506 e. The van der Waals surface area contributed by atoms with Crippen LogP contribution in [0, 0.1) is 0 Å². The zero-order valence-electron chi connectivity index (χ0n) is 11.2. The number of aromatic hydroxyl groups is 1. The number of carbonyl (C=O) groups is 1. The summed E-state index contributed by atoms with van der Waals surface area (Å²) in [7, 11) is 0. The molecule has 2 aromatic rings. The van der Waals surface area contributed by atoms with E-state index in [9.17, 15) is 9.90 Å². The summed E-state index contributed by atoms with van der Waals surface area (Å²) in [6, 6.07) is 11.3. The summed E-state index contributed by atoms with van der Waals surface area (Å²) in [5.41, 5.74) is 6.61. The molecule has 5 nitrogen and oxygen atoms in total. The number of benzene rings is 2. The van der Waals surface area contributed by atoms with Crippen LogP contribution in [0.25, 0.3) is 0 Å². The Hall–Kier alpha value is -2.40. The maximum absolute atomic E-state index is 11.8. The van der Waals surface area contributed by atoms with Gasteiger partial charge in [-0.3, -0.25) is 4.79 Å². The second kappa shape index (κ2) is 6.85. The van der Waals surface area contributed by atoms with E-state index in [1.165, 1.54) is 18.2 Å². The molecule has 0 aromatic heterocycles. The van der Waals surface area contributed by atoms with Gasteiger partial charge in [0.25, 0.3) is 5.91 Å². The highest BCUT2D eigenvalue weighted by Crippen LogP contribution is 2.23. The van der Waals surface area contributed by atoms with Gasteiger partial charge in [0, 0.05) is 11.3 Å². The fourth-order valence-electron chi connectivity index (χ4n) is 1.65. The molecule has 21 heavy (non-hydrogen) atoms. The highest BCUT2D eigenvalue weighted by atomic mass is 35.5. The van der Waals surface area contributed by atoms with Crippen LogP contribution < -0.4 is 15.8 Å². The molecule has 0 saturated heterocycles. The topological polar surface area (TPSA) is 84.6 Å². The van der Waals surface area contributed by atoms with E-state index < -0.39 is 0 Å². The van der Waals surface area contributed by atoms with Gasteiger partial charge in [0.1, 0.15) is 18.1 Å². The van der Waals surface area contributed by atoms with E-state index in [1.54, 1.807) is 24.3 Å². The lowest BCUT2D eigenvalue weighted by Crippen LogP contribution is -2.28. The summed E-state index contributed by atoms with van der Waals surface area (Å²) in [4.78, 5) is 11.8. The van der Waals surface area contributed by atoms with Crippen molar-refractivity contribution in [2.75, 3.05) is 18.9 Å². The van der Waals surface area contributed by atoms with Crippen molar-refractivity contribution < 1.29 is 14.6 Å². The van der Waals surface area contributed by atoms with Crippen molar-refractivity contribution in [3.63, 3.8) is 0 Å². The Morgan fingerprint density at radius 1 is 1.24 bits per heavy atom. The molecular weight excluding hydrogens is 292 g/mol. The number of nitrogens with two attached hydrogens (primary N) is 1. The quantitative estimate of drug-likeness (QED) is 0.585. The van der Waals surface area contributed by atoms with Gasteiger partial charge in [0.2, 0.25) is 0 Å². The van der Waals surface area contributed by atoms with Crippen molar-refractivity contribution >= 4 is 23.2 Å². The minimum absolute atomic E-state index is 0.0556. The van der Waals surface area contributed by atoms with Crippen LogP contribution in [0.4, 0.5) is 5.69 Å². The van der Waals surface area contributed by atoms with E-state index in [1.807, 2.05) is 0 Å². The van der Waals surface area contributed by atoms with Gasteiger partial charge in [-0.1, -0.05) is 11.6 Å². The average Bonchev–Trinajstić information content (AvgIpc) is 2.48. The normalized spacial score (nSPS) is 10.1. The number of halogens is 1. The van der Waals surface area contributed by atoms with Gasteiger partial charge in [-0.2, -0.15) is 0 Å². The third-order valence-electron chi connectivity index (χ3n) is 2.75. The van der Waals surface area contributed by atoms with Crippen LogP contribution >= 0.6 is 11.6 Å². The van der Waals surface area contributed by atoms with E-state index in [-0.39, 0.29) is 16.7 Å². The Labute approximate surface area is 127 Å². The van der Waals surface area contributed by atoms with Gasteiger partial charge in [-0.25, -0.2) is 0 Å². The van der Waals surface area contributed by atoms with Gasteiger partial charge < -0.3 is 20.9 Å². The Balaban J connectivity index is 1.79. The highest BCUT2D eigenvalue weighted by molar-refractivity contribution is 6.32. The van der Waals surface area contributed by atoms with Crippen LogP contribution in [0.2, 0.25) is 5.02 Å². The van der Waals surface area contributed by atoms with Crippen molar-refractivity contribution in [3.05, 3.63) is 53.1 Å². The molecule has 0 aliphatic heterocycles. The Morgan fingerprint density at radius 3 is 2.62 bits per heavy atom. The van der Waals surface area contributed by atoms with Crippen LogP contribution in [0.3, 0.4) is 0 Å². The van der Waals surface area contributed by atoms with Crippen LogP contribution in [-0.4, -0.2) is 24.2 Å². The number of ether oxygens (including phenoxy) is 1. The number of carbonyl (C=O) groups excluding carboxylic acids is 1. The zero-order chi connectivity index (χ0) is 15.2. The number of nitrogens with one attached hydrogen (secondary N) is 1. The van der Waals surface area contributed by atoms with Crippen LogP contribution in [0.15, 0.2) is 42.5 Å². The number of phenols is 1. The lowest BCUT2D eigenvalue weighted by Gasteiger charge is -2.08. The van der Waals surface area contributed by atoms with E-state index in [4.69, 9.17) is 22.1 Å². The smallest absolute Gasteiger partial charge is 0.251 e. The summed E-state index contributed by atoms with van der Waals surface area (Å²) in [5.74, 6) is 0.351. The SMILES string of the molecule is Nc1ccc(OCCNC(=O)c2ccc(O)c(Cl)c2)cc1. The predicted octanol–water partition coefficient (Wildman–Crippen LogP) is 2.44. The second-order valence-corrected chi connectivity index (χ2v) is 4.75. The number of rotatable bonds is 5. The molecule has 1 amide bonds. The van der Waals surface area contributed by atoms with E-state index in [0.29, 0.717) is 30.2 Å². The molecule has 0 bridgehead atoms. The molecule has 0 aliphatic carbocycles. The fraction of sp³-hybridized carbons (Fsp3) is 0.133. The molecule has 0 aliphatic rings. The maximum atomic E-state index is 11.8. The molecule has 2 aromatic carbocycles. The standard InChI is InChI=1S/C15H15ClN2O3/c16-13-9-10(1-6-14(13)19)15(20)18-7-8-21-12-4-2-11(17)3-5-12/h1-6,9,19H,7-8,17H2,(H,18,20).